The summed E-state index contributed by atoms with van der Waals surface area (Å²) in [7, 11) is 0. The van der Waals surface area contributed by atoms with Gasteiger partial charge in [-0.3, -0.25) is 0 Å². The standard InChI is InChI=1S/C58H41N3O2/c1-34-24-35(2)27-46(26-34)59(42-18-16-38-10-5-7-12-40(38)30-42)44-20-22-48-52(32-44)62-57-50-14-9-15-51-54(50)61(55(48)57)56-49-23-21-45(33-53(49)63-58(51)56)60(47-28-36(3)25-37(4)29-47)43-19-17-39-11-6-8-13-41(39)31-43/h5-33H,1-4H3. The summed E-state index contributed by atoms with van der Waals surface area (Å²) in [6.45, 7) is 8.66. The molecule has 0 N–H and O–H groups in total. The number of aromatic nitrogens is 1. The Morgan fingerprint density at radius 1 is 0.317 bits per heavy atom. The van der Waals surface area contributed by atoms with E-state index in [4.69, 9.17) is 8.83 Å². The molecule has 0 aliphatic heterocycles. The van der Waals surface area contributed by atoms with Crippen LogP contribution in [0.3, 0.4) is 0 Å². The highest BCUT2D eigenvalue weighted by Gasteiger charge is 2.27. The highest BCUT2D eigenvalue weighted by Crippen LogP contribution is 2.48. The topological polar surface area (TPSA) is 37.2 Å². The summed E-state index contributed by atoms with van der Waals surface area (Å²) in [5, 5.41) is 9.11. The van der Waals surface area contributed by atoms with E-state index in [-0.39, 0.29) is 0 Å². The lowest BCUT2D eigenvalue weighted by molar-refractivity contribution is 0.672. The lowest BCUT2D eigenvalue weighted by atomic mass is 10.1. The number of nitrogens with zero attached hydrogens (tertiary/aromatic N) is 3. The first-order valence-electron chi connectivity index (χ1n) is 21.6. The number of anilines is 6. The second-order valence-electron chi connectivity index (χ2n) is 17.4. The second kappa shape index (κ2) is 13.2. The first-order valence-corrected chi connectivity index (χ1v) is 21.6. The second-order valence-corrected chi connectivity index (χ2v) is 17.4. The van der Waals surface area contributed by atoms with E-state index in [0.29, 0.717) is 0 Å². The fourth-order valence-corrected chi connectivity index (χ4v) is 10.4. The van der Waals surface area contributed by atoms with Crippen LogP contribution in [-0.4, -0.2) is 4.40 Å². The van der Waals surface area contributed by atoms with Crippen molar-refractivity contribution in [2.75, 3.05) is 9.80 Å². The molecule has 300 valence electrons. The van der Waals surface area contributed by atoms with Crippen LogP contribution in [0.5, 0.6) is 0 Å². The Kier molecular flexibility index (Phi) is 7.50. The monoisotopic (exact) mass is 811 g/mol. The Labute approximate surface area is 363 Å². The SMILES string of the molecule is Cc1cc(C)cc(N(c2ccc3ccccc3c2)c2ccc3c(c2)oc2c4cccc5c6oc7cc(N(c8cc(C)cc(C)c8)c8ccc9ccccc9c8)ccc7c6n(c45)c32)c1. The summed E-state index contributed by atoms with van der Waals surface area (Å²) in [6, 6.07) is 63.8. The van der Waals surface area contributed by atoms with Gasteiger partial charge >= 0.3 is 0 Å². The van der Waals surface area contributed by atoms with Gasteiger partial charge in [-0.25, -0.2) is 0 Å². The van der Waals surface area contributed by atoms with Gasteiger partial charge in [-0.1, -0.05) is 78.9 Å². The molecule has 63 heavy (non-hydrogen) atoms. The number of benzene rings is 9. The summed E-state index contributed by atoms with van der Waals surface area (Å²) >= 11 is 0. The van der Waals surface area contributed by atoms with Crippen LogP contribution in [0, 0.1) is 27.7 Å². The first kappa shape index (κ1) is 35.7. The van der Waals surface area contributed by atoms with Crippen molar-refractivity contribution in [1.29, 1.82) is 0 Å². The molecule has 4 aromatic heterocycles. The maximum absolute atomic E-state index is 6.97. The zero-order chi connectivity index (χ0) is 42.1. The molecule has 5 heteroatoms. The fourth-order valence-electron chi connectivity index (χ4n) is 10.4. The molecule has 0 amide bonds. The van der Waals surface area contributed by atoms with Gasteiger partial charge in [0, 0.05) is 67.8 Å². The molecular formula is C58H41N3O2. The smallest absolute Gasteiger partial charge is 0.161 e. The van der Waals surface area contributed by atoms with Gasteiger partial charge in [0.05, 0.1) is 5.52 Å². The molecule has 0 spiro atoms. The molecule has 0 atom stereocenters. The number of fused-ring (bicyclic) bond motifs is 12. The van der Waals surface area contributed by atoms with Gasteiger partial charge in [-0.15, -0.1) is 0 Å². The van der Waals surface area contributed by atoms with Crippen molar-refractivity contribution in [3.8, 4) is 0 Å². The van der Waals surface area contributed by atoms with E-state index < -0.39 is 0 Å². The Morgan fingerprint density at radius 2 is 0.714 bits per heavy atom. The Balaban J connectivity index is 1.01. The van der Waals surface area contributed by atoms with Crippen molar-refractivity contribution in [2.24, 2.45) is 0 Å². The van der Waals surface area contributed by atoms with E-state index in [1.807, 2.05) is 0 Å². The van der Waals surface area contributed by atoms with Crippen LogP contribution >= 0.6 is 0 Å². The Hall–Kier alpha value is -8.02. The highest BCUT2D eigenvalue weighted by molar-refractivity contribution is 6.28. The number of hydrogen-bond acceptors (Lipinski definition) is 4. The van der Waals surface area contributed by atoms with Crippen LogP contribution in [0.2, 0.25) is 0 Å². The summed E-state index contributed by atoms with van der Waals surface area (Å²) in [5.41, 5.74) is 18.0. The maximum Gasteiger partial charge on any atom is 0.161 e. The molecule has 0 saturated carbocycles. The summed E-state index contributed by atoms with van der Waals surface area (Å²) in [6.07, 6.45) is 0. The molecular weight excluding hydrogens is 771 g/mol. The third-order valence-electron chi connectivity index (χ3n) is 12.9. The van der Waals surface area contributed by atoms with Crippen LogP contribution in [0.25, 0.3) is 82.0 Å². The Morgan fingerprint density at radius 3 is 1.16 bits per heavy atom. The van der Waals surface area contributed by atoms with Crippen LogP contribution in [-0.2, 0) is 0 Å². The van der Waals surface area contributed by atoms with Crippen molar-refractivity contribution in [2.45, 2.75) is 27.7 Å². The molecule has 4 heterocycles. The third kappa shape index (κ3) is 5.42. The molecule has 13 rings (SSSR count). The zero-order valence-corrected chi connectivity index (χ0v) is 35.4. The van der Waals surface area contributed by atoms with Gasteiger partial charge in [-0.2, -0.15) is 0 Å². The third-order valence-corrected chi connectivity index (χ3v) is 12.9. The van der Waals surface area contributed by atoms with Crippen LogP contribution in [0.15, 0.2) is 185 Å². The summed E-state index contributed by atoms with van der Waals surface area (Å²) in [5.74, 6) is 0. The minimum absolute atomic E-state index is 0.840. The maximum atomic E-state index is 6.97. The zero-order valence-electron chi connectivity index (χ0n) is 35.4. The van der Waals surface area contributed by atoms with E-state index >= 15 is 0 Å². The molecule has 0 radical (unpaired) electrons. The molecule has 5 nitrogen and oxygen atoms in total. The average Bonchev–Trinajstić information content (AvgIpc) is 4.01. The molecule has 0 aliphatic carbocycles. The molecule has 9 aromatic carbocycles. The van der Waals surface area contributed by atoms with Crippen molar-refractivity contribution >= 4 is 116 Å². The van der Waals surface area contributed by atoms with Crippen molar-refractivity contribution in [3.05, 3.63) is 198 Å². The van der Waals surface area contributed by atoms with Crippen LogP contribution < -0.4 is 9.80 Å². The van der Waals surface area contributed by atoms with Crippen LogP contribution in [0.1, 0.15) is 22.3 Å². The molecule has 0 unspecified atom stereocenters. The Bertz CT molecular complexity index is 3700. The first-order chi connectivity index (χ1) is 30.8. The summed E-state index contributed by atoms with van der Waals surface area (Å²) < 4.78 is 16.3. The van der Waals surface area contributed by atoms with Gasteiger partial charge in [-0.05, 0) is 156 Å². The van der Waals surface area contributed by atoms with E-state index in [2.05, 4.69) is 218 Å². The summed E-state index contributed by atoms with van der Waals surface area (Å²) in [4.78, 5) is 4.69. The van der Waals surface area contributed by atoms with Gasteiger partial charge in [0.25, 0.3) is 0 Å². The molecule has 0 saturated heterocycles. The normalized spacial score (nSPS) is 12.1. The van der Waals surface area contributed by atoms with E-state index in [9.17, 15) is 0 Å². The van der Waals surface area contributed by atoms with E-state index in [1.165, 1.54) is 43.8 Å². The largest absolute Gasteiger partial charge is 0.454 e. The van der Waals surface area contributed by atoms with Crippen molar-refractivity contribution in [3.63, 3.8) is 0 Å². The minimum atomic E-state index is 0.840. The minimum Gasteiger partial charge on any atom is -0.454 e. The number of hydrogen-bond donors (Lipinski definition) is 0. The molecule has 0 fully saturated rings. The van der Waals surface area contributed by atoms with Gasteiger partial charge in [0.15, 0.2) is 11.2 Å². The molecule has 0 aliphatic rings. The predicted molar refractivity (Wildman–Crippen MR) is 264 cm³/mol. The number of rotatable bonds is 6. The number of furan rings is 2. The van der Waals surface area contributed by atoms with Crippen molar-refractivity contribution in [1.82, 2.24) is 4.40 Å². The predicted octanol–water partition coefficient (Wildman–Crippen LogP) is 16.8. The molecule has 0 bridgehead atoms. The van der Waals surface area contributed by atoms with Crippen LogP contribution in [0.4, 0.5) is 34.1 Å². The van der Waals surface area contributed by atoms with Gasteiger partial charge in [0.2, 0.25) is 0 Å². The average molecular weight is 812 g/mol. The molecule has 13 aromatic rings. The number of para-hydroxylation sites is 1. The number of aryl methyl sites for hydroxylation is 4. The van der Waals surface area contributed by atoms with Gasteiger partial charge < -0.3 is 23.0 Å². The quantitative estimate of drug-likeness (QED) is 0.168. The van der Waals surface area contributed by atoms with Crippen molar-refractivity contribution < 1.29 is 8.83 Å². The lowest BCUT2D eigenvalue weighted by Crippen LogP contribution is -2.10. The highest BCUT2D eigenvalue weighted by atomic mass is 16.3. The lowest BCUT2D eigenvalue weighted by Gasteiger charge is -2.26. The fraction of sp³-hybridized carbons (Fsp3) is 0.0690. The van der Waals surface area contributed by atoms with Gasteiger partial charge in [0.1, 0.15) is 22.2 Å². The van der Waals surface area contributed by atoms with E-state index in [0.717, 1.165) is 94.6 Å². The van der Waals surface area contributed by atoms with E-state index in [1.54, 1.807) is 0 Å².